The van der Waals surface area contributed by atoms with Gasteiger partial charge < -0.3 is 5.32 Å². The average molecular weight is 217 g/mol. The van der Waals surface area contributed by atoms with E-state index >= 15 is 0 Å². The smallest absolute Gasteiger partial charge is 0.0350 e. The first kappa shape index (κ1) is 12.8. The molecule has 0 heterocycles. The van der Waals surface area contributed by atoms with Crippen molar-refractivity contribution in [1.82, 2.24) is 0 Å². The highest BCUT2D eigenvalue weighted by atomic mass is 14.9. The Hall–Kier alpha value is -1.24. The molecule has 0 spiro atoms. The van der Waals surface area contributed by atoms with Crippen LogP contribution in [0.4, 0.5) is 5.69 Å². The van der Waals surface area contributed by atoms with Crippen LogP contribution in [0, 0.1) is 0 Å². The number of hydrogen-bond acceptors (Lipinski definition) is 1. The highest BCUT2D eigenvalue weighted by molar-refractivity contribution is 5.65. The van der Waals surface area contributed by atoms with Crippen LogP contribution >= 0.6 is 0 Å². The molecule has 0 aromatic heterocycles. The van der Waals surface area contributed by atoms with Crippen LogP contribution in [0.25, 0.3) is 6.08 Å². The molecule has 88 valence electrons. The number of fused-ring (bicyclic) bond motifs is 1. The molecule has 0 saturated carbocycles. The van der Waals surface area contributed by atoms with E-state index in [0.717, 1.165) is 6.42 Å². The summed E-state index contributed by atoms with van der Waals surface area (Å²) in [6.45, 7) is 10.5. The monoisotopic (exact) mass is 217 g/mol. The van der Waals surface area contributed by atoms with E-state index in [1.807, 2.05) is 13.8 Å². The summed E-state index contributed by atoms with van der Waals surface area (Å²) >= 11 is 0. The molecule has 1 aromatic rings. The van der Waals surface area contributed by atoms with E-state index in [1.165, 1.54) is 16.8 Å². The molecule has 1 heteroatoms. The van der Waals surface area contributed by atoms with Gasteiger partial charge in [-0.1, -0.05) is 32.1 Å². The molecule has 1 N–H and O–H groups in total. The zero-order valence-corrected chi connectivity index (χ0v) is 11.1. The molecule has 0 aliphatic heterocycles. The van der Waals surface area contributed by atoms with Crippen LogP contribution in [-0.2, 0) is 6.42 Å². The lowest BCUT2D eigenvalue weighted by molar-refractivity contribution is 0.634. The molecule has 0 fully saturated rings. The van der Waals surface area contributed by atoms with Gasteiger partial charge >= 0.3 is 0 Å². The molecule has 2 rings (SSSR count). The van der Waals surface area contributed by atoms with Crippen LogP contribution in [0.2, 0.25) is 0 Å². The maximum Gasteiger partial charge on any atom is 0.0350 e. The van der Waals surface area contributed by atoms with Gasteiger partial charge in [-0.15, -0.1) is 0 Å². The summed E-state index contributed by atoms with van der Waals surface area (Å²) in [6, 6.07) is 6.60. The molecule has 1 aliphatic carbocycles. The third kappa shape index (κ3) is 3.41. The predicted molar refractivity (Wildman–Crippen MR) is 73.9 cm³/mol. The molecule has 0 radical (unpaired) electrons. The first-order chi connectivity index (χ1) is 7.54. The van der Waals surface area contributed by atoms with Gasteiger partial charge in [-0.25, -0.2) is 0 Å². The molecular formula is C15H23N. The zero-order chi connectivity index (χ0) is 12.2. The first-order valence-electron chi connectivity index (χ1n) is 6.12. The molecule has 0 bridgehead atoms. The third-order valence-corrected chi connectivity index (χ3v) is 2.30. The van der Waals surface area contributed by atoms with Gasteiger partial charge in [0.2, 0.25) is 0 Å². The summed E-state index contributed by atoms with van der Waals surface area (Å²) in [5.41, 5.74) is 4.14. The van der Waals surface area contributed by atoms with Crippen molar-refractivity contribution in [1.29, 1.82) is 0 Å². The maximum absolute atomic E-state index is 3.48. The lowest BCUT2D eigenvalue weighted by Crippen LogP contribution is -2.25. The van der Waals surface area contributed by atoms with Gasteiger partial charge in [0.15, 0.2) is 0 Å². The van der Waals surface area contributed by atoms with E-state index in [9.17, 15) is 0 Å². The van der Waals surface area contributed by atoms with Crippen molar-refractivity contribution in [2.75, 3.05) is 5.32 Å². The van der Waals surface area contributed by atoms with Crippen molar-refractivity contribution >= 4 is 11.8 Å². The Morgan fingerprint density at radius 1 is 1.12 bits per heavy atom. The van der Waals surface area contributed by atoms with Gasteiger partial charge in [-0.05, 0) is 50.5 Å². The minimum atomic E-state index is 0.135. The molecule has 0 saturated heterocycles. The molecule has 1 aromatic carbocycles. The number of anilines is 1. The number of nitrogens with one attached hydrogen (secondary N) is 1. The van der Waals surface area contributed by atoms with Gasteiger partial charge in [0.05, 0.1) is 0 Å². The number of rotatable bonds is 1. The van der Waals surface area contributed by atoms with Gasteiger partial charge in [-0.3, -0.25) is 0 Å². The van der Waals surface area contributed by atoms with Crippen LogP contribution in [0.3, 0.4) is 0 Å². The molecule has 0 unspecified atom stereocenters. The fourth-order valence-electron chi connectivity index (χ4n) is 1.76. The predicted octanol–water partition coefficient (Wildman–Crippen LogP) is 4.49. The summed E-state index contributed by atoms with van der Waals surface area (Å²) in [5, 5.41) is 3.48. The average Bonchev–Trinajstić information content (AvgIpc) is 2.65. The summed E-state index contributed by atoms with van der Waals surface area (Å²) < 4.78 is 0. The van der Waals surface area contributed by atoms with E-state index in [4.69, 9.17) is 0 Å². The number of benzene rings is 1. The third-order valence-electron chi connectivity index (χ3n) is 2.30. The van der Waals surface area contributed by atoms with Crippen molar-refractivity contribution in [3.8, 4) is 0 Å². The Bertz CT molecular complexity index is 370. The fourth-order valence-corrected chi connectivity index (χ4v) is 1.76. The van der Waals surface area contributed by atoms with Crippen molar-refractivity contribution in [3.05, 3.63) is 35.4 Å². The Morgan fingerprint density at radius 2 is 1.81 bits per heavy atom. The van der Waals surface area contributed by atoms with E-state index in [1.54, 1.807) is 0 Å². The van der Waals surface area contributed by atoms with Gasteiger partial charge in [0.25, 0.3) is 0 Å². The zero-order valence-electron chi connectivity index (χ0n) is 11.1. The molecule has 0 atom stereocenters. The Balaban J connectivity index is 0.000000606. The molecule has 16 heavy (non-hydrogen) atoms. The minimum absolute atomic E-state index is 0.135. The minimum Gasteiger partial charge on any atom is -0.380 e. The maximum atomic E-state index is 3.48. The van der Waals surface area contributed by atoms with Crippen LogP contribution in [0.5, 0.6) is 0 Å². The highest BCUT2D eigenvalue weighted by Gasteiger charge is 2.11. The summed E-state index contributed by atoms with van der Waals surface area (Å²) in [5.74, 6) is 0. The van der Waals surface area contributed by atoms with Crippen LogP contribution in [-0.4, -0.2) is 5.54 Å². The quantitative estimate of drug-likeness (QED) is 0.730. The molecule has 1 aliphatic rings. The van der Waals surface area contributed by atoms with Gasteiger partial charge in [-0.2, -0.15) is 0 Å². The highest BCUT2D eigenvalue weighted by Crippen LogP contribution is 2.24. The molecule has 0 amide bonds. The molecule has 1 nitrogen and oxygen atoms in total. The van der Waals surface area contributed by atoms with Gasteiger partial charge in [0.1, 0.15) is 0 Å². The van der Waals surface area contributed by atoms with E-state index in [-0.39, 0.29) is 5.54 Å². The Morgan fingerprint density at radius 3 is 2.44 bits per heavy atom. The van der Waals surface area contributed by atoms with Crippen LogP contribution in [0.15, 0.2) is 24.3 Å². The Labute approximate surface area is 99.6 Å². The lowest BCUT2D eigenvalue weighted by Gasteiger charge is -2.22. The van der Waals surface area contributed by atoms with Crippen LogP contribution in [0.1, 0.15) is 45.7 Å². The fraction of sp³-hybridized carbons (Fsp3) is 0.467. The second-order valence-corrected chi connectivity index (χ2v) is 4.90. The van der Waals surface area contributed by atoms with E-state index < -0.39 is 0 Å². The summed E-state index contributed by atoms with van der Waals surface area (Å²) in [7, 11) is 0. The van der Waals surface area contributed by atoms with Crippen molar-refractivity contribution in [3.63, 3.8) is 0 Å². The van der Waals surface area contributed by atoms with Crippen molar-refractivity contribution in [2.45, 2.75) is 46.6 Å². The molecular weight excluding hydrogens is 194 g/mol. The Kier molecular flexibility index (Phi) is 4.17. The van der Waals surface area contributed by atoms with Crippen molar-refractivity contribution in [2.24, 2.45) is 0 Å². The van der Waals surface area contributed by atoms with Crippen LogP contribution < -0.4 is 5.32 Å². The SMILES string of the molecule is CC.CC(C)(C)Nc1ccc2c(c1)C=CC2. The van der Waals surface area contributed by atoms with E-state index in [0.29, 0.717) is 0 Å². The number of allylic oxidation sites excluding steroid dienone is 1. The standard InChI is InChI=1S/C13H17N.C2H6/c1-13(2,3)14-12-8-7-10-5-4-6-11(10)9-12;1-2/h4,6-9,14H,5H2,1-3H3;1-2H3. The second kappa shape index (κ2) is 5.20. The topological polar surface area (TPSA) is 12.0 Å². The first-order valence-corrected chi connectivity index (χ1v) is 6.12. The van der Waals surface area contributed by atoms with E-state index in [2.05, 4.69) is 56.4 Å². The summed E-state index contributed by atoms with van der Waals surface area (Å²) in [6.07, 6.45) is 5.50. The van der Waals surface area contributed by atoms with Gasteiger partial charge in [0, 0.05) is 11.2 Å². The largest absolute Gasteiger partial charge is 0.380 e. The normalized spacial score (nSPS) is 12.8. The number of hydrogen-bond donors (Lipinski definition) is 1. The van der Waals surface area contributed by atoms with Crippen molar-refractivity contribution < 1.29 is 0 Å². The summed E-state index contributed by atoms with van der Waals surface area (Å²) in [4.78, 5) is 0. The second-order valence-electron chi connectivity index (χ2n) is 4.90. The lowest BCUT2D eigenvalue weighted by atomic mass is 10.1.